The van der Waals surface area contributed by atoms with E-state index in [-0.39, 0.29) is 0 Å². The van der Waals surface area contributed by atoms with Crippen molar-refractivity contribution in [3.8, 4) is 0 Å². The Kier molecular flexibility index (Phi) is 4.14. The van der Waals surface area contributed by atoms with Crippen LogP contribution in [0.15, 0.2) is 36.1 Å². The van der Waals surface area contributed by atoms with Crippen molar-refractivity contribution in [1.82, 2.24) is 0 Å². The van der Waals surface area contributed by atoms with Gasteiger partial charge in [-0.15, -0.1) is 13.2 Å². The van der Waals surface area contributed by atoms with Gasteiger partial charge in [0.25, 0.3) is 0 Å². The fraction of sp³-hybridized carbons (Fsp3) is 0.182. The fourth-order valence-electron chi connectivity index (χ4n) is 1.06. The van der Waals surface area contributed by atoms with Gasteiger partial charge in [-0.2, -0.15) is 0 Å². The van der Waals surface area contributed by atoms with Gasteiger partial charge in [0.05, 0.1) is 7.11 Å². The van der Waals surface area contributed by atoms with Gasteiger partial charge in [0, 0.05) is 0 Å². The average molecular weight is 246 g/mol. The lowest BCUT2D eigenvalue weighted by Gasteiger charge is -2.10. The predicted octanol–water partition coefficient (Wildman–Crippen LogP) is 2.74. The third kappa shape index (κ3) is 4.58. The molecule has 0 aliphatic carbocycles. The van der Waals surface area contributed by atoms with Gasteiger partial charge in [-0.1, -0.05) is 30.3 Å². The van der Waals surface area contributed by atoms with Gasteiger partial charge >= 0.3 is 12.3 Å². The molecule has 0 heterocycles. The SMILES string of the molecule is COC(=O)C(=Cc1ccccc1)OC(F)(F)F. The molecule has 0 aliphatic rings. The highest BCUT2D eigenvalue weighted by molar-refractivity contribution is 5.91. The van der Waals surface area contributed by atoms with Gasteiger partial charge in [0.15, 0.2) is 0 Å². The van der Waals surface area contributed by atoms with E-state index < -0.39 is 18.1 Å². The third-order valence-corrected chi connectivity index (χ3v) is 1.71. The highest BCUT2D eigenvalue weighted by Crippen LogP contribution is 2.22. The lowest BCUT2D eigenvalue weighted by Crippen LogP contribution is -2.18. The van der Waals surface area contributed by atoms with Crippen LogP contribution in [-0.2, 0) is 14.3 Å². The van der Waals surface area contributed by atoms with E-state index in [1.165, 1.54) is 12.1 Å². The van der Waals surface area contributed by atoms with Crippen LogP contribution in [0.25, 0.3) is 6.08 Å². The molecule has 0 spiro atoms. The van der Waals surface area contributed by atoms with E-state index in [9.17, 15) is 18.0 Å². The van der Waals surface area contributed by atoms with Crippen LogP contribution in [-0.4, -0.2) is 19.4 Å². The third-order valence-electron chi connectivity index (χ3n) is 1.71. The zero-order valence-electron chi connectivity index (χ0n) is 8.82. The Morgan fingerprint density at radius 1 is 1.24 bits per heavy atom. The molecule has 92 valence electrons. The van der Waals surface area contributed by atoms with Crippen LogP contribution in [0.1, 0.15) is 5.56 Å². The van der Waals surface area contributed by atoms with E-state index in [1.54, 1.807) is 18.2 Å². The standard InChI is InChI=1S/C11H9F3O3/c1-16-10(15)9(17-11(12,13)14)7-8-5-3-2-4-6-8/h2-7H,1H3. The van der Waals surface area contributed by atoms with Crippen LogP contribution >= 0.6 is 0 Å². The second-order valence-electron chi connectivity index (χ2n) is 2.96. The van der Waals surface area contributed by atoms with Crippen LogP contribution in [0.5, 0.6) is 0 Å². The van der Waals surface area contributed by atoms with Crippen molar-refractivity contribution in [2.24, 2.45) is 0 Å². The fourth-order valence-corrected chi connectivity index (χ4v) is 1.06. The molecule has 0 radical (unpaired) electrons. The summed E-state index contributed by atoms with van der Waals surface area (Å²) in [5.74, 6) is -2.10. The topological polar surface area (TPSA) is 35.5 Å². The first-order chi connectivity index (χ1) is 7.92. The first-order valence-electron chi connectivity index (χ1n) is 4.53. The van der Waals surface area contributed by atoms with Crippen molar-refractivity contribution in [1.29, 1.82) is 0 Å². The zero-order valence-corrected chi connectivity index (χ0v) is 8.82. The van der Waals surface area contributed by atoms with Crippen molar-refractivity contribution in [3.05, 3.63) is 41.7 Å². The van der Waals surface area contributed by atoms with Gasteiger partial charge in [-0.25, -0.2) is 4.79 Å². The number of benzene rings is 1. The number of halogens is 3. The second-order valence-corrected chi connectivity index (χ2v) is 2.96. The number of esters is 1. The second kappa shape index (κ2) is 5.38. The first-order valence-corrected chi connectivity index (χ1v) is 4.53. The Morgan fingerprint density at radius 2 is 1.82 bits per heavy atom. The summed E-state index contributed by atoms with van der Waals surface area (Å²) in [5, 5.41) is 0. The molecular weight excluding hydrogens is 237 g/mol. The molecule has 0 unspecified atom stereocenters. The maximum Gasteiger partial charge on any atom is 0.573 e. The summed E-state index contributed by atoms with van der Waals surface area (Å²) in [5.41, 5.74) is 0.400. The minimum absolute atomic E-state index is 0.400. The maximum absolute atomic E-state index is 12.0. The maximum atomic E-state index is 12.0. The quantitative estimate of drug-likeness (QED) is 0.467. The number of ether oxygens (including phenoxy) is 2. The Balaban J connectivity index is 2.99. The van der Waals surface area contributed by atoms with E-state index in [0.717, 1.165) is 13.2 Å². The normalized spacial score (nSPS) is 12.1. The van der Waals surface area contributed by atoms with Crippen molar-refractivity contribution in [2.45, 2.75) is 6.36 Å². The Bertz CT molecular complexity index is 410. The summed E-state index contributed by atoms with van der Waals surface area (Å²) < 4.78 is 43.9. The highest BCUT2D eigenvalue weighted by Gasteiger charge is 2.34. The molecule has 0 aromatic heterocycles. The molecule has 1 aromatic rings. The molecule has 0 saturated heterocycles. The molecule has 1 aromatic carbocycles. The molecule has 0 N–H and O–H groups in total. The molecule has 17 heavy (non-hydrogen) atoms. The molecule has 3 nitrogen and oxygen atoms in total. The van der Waals surface area contributed by atoms with Crippen LogP contribution in [0.3, 0.4) is 0 Å². The summed E-state index contributed by atoms with van der Waals surface area (Å²) in [6, 6.07) is 7.99. The van der Waals surface area contributed by atoms with Gasteiger partial charge in [-0.3, -0.25) is 0 Å². The Hall–Kier alpha value is -1.98. The Labute approximate surface area is 95.5 Å². The van der Waals surface area contributed by atoms with E-state index in [0.29, 0.717) is 5.56 Å². The number of alkyl halides is 3. The minimum Gasteiger partial charge on any atom is -0.463 e. The molecule has 6 heteroatoms. The van der Waals surface area contributed by atoms with Crippen LogP contribution in [0.4, 0.5) is 13.2 Å². The average Bonchev–Trinajstić information content (AvgIpc) is 2.27. The molecule has 1 rings (SSSR count). The molecule has 0 amide bonds. The van der Waals surface area contributed by atoms with E-state index >= 15 is 0 Å². The Morgan fingerprint density at radius 3 is 2.29 bits per heavy atom. The van der Waals surface area contributed by atoms with E-state index in [2.05, 4.69) is 9.47 Å². The zero-order chi connectivity index (χ0) is 12.9. The van der Waals surface area contributed by atoms with Crippen molar-refractivity contribution in [2.75, 3.05) is 7.11 Å². The van der Waals surface area contributed by atoms with Crippen LogP contribution < -0.4 is 0 Å². The number of rotatable bonds is 3. The van der Waals surface area contributed by atoms with Crippen molar-refractivity contribution < 1.29 is 27.4 Å². The van der Waals surface area contributed by atoms with Crippen molar-refractivity contribution >= 4 is 12.0 Å². The molecule has 0 fully saturated rings. The molecule has 0 aliphatic heterocycles. The lowest BCUT2D eigenvalue weighted by molar-refractivity contribution is -0.305. The van der Waals surface area contributed by atoms with Crippen LogP contribution in [0, 0.1) is 0 Å². The smallest absolute Gasteiger partial charge is 0.463 e. The molecular formula is C11H9F3O3. The number of carbonyl (C=O) groups is 1. The van der Waals surface area contributed by atoms with E-state index in [4.69, 9.17) is 0 Å². The number of hydrogen-bond acceptors (Lipinski definition) is 3. The van der Waals surface area contributed by atoms with Gasteiger partial charge < -0.3 is 9.47 Å². The predicted molar refractivity (Wildman–Crippen MR) is 53.6 cm³/mol. The summed E-state index contributed by atoms with van der Waals surface area (Å²) in [4.78, 5) is 11.1. The van der Waals surface area contributed by atoms with E-state index in [1.807, 2.05) is 0 Å². The number of methoxy groups -OCH3 is 1. The van der Waals surface area contributed by atoms with Gasteiger partial charge in [0.1, 0.15) is 0 Å². The largest absolute Gasteiger partial charge is 0.573 e. The molecule has 0 saturated carbocycles. The lowest BCUT2D eigenvalue weighted by atomic mass is 10.2. The monoisotopic (exact) mass is 246 g/mol. The first kappa shape index (κ1) is 13.1. The van der Waals surface area contributed by atoms with Crippen molar-refractivity contribution in [3.63, 3.8) is 0 Å². The summed E-state index contributed by atoms with van der Waals surface area (Å²) >= 11 is 0. The van der Waals surface area contributed by atoms with Crippen LogP contribution in [0.2, 0.25) is 0 Å². The number of carbonyl (C=O) groups excluding carboxylic acids is 1. The summed E-state index contributed by atoms with van der Waals surface area (Å²) in [7, 11) is 0.973. The van der Waals surface area contributed by atoms with Gasteiger partial charge in [0.2, 0.25) is 5.76 Å². The summed E-state index contributed by atoms with van der Waals surface area (Å²) in [6.07, 6.45) is -3.98. The van der Waals surface area contributed by atoms with Gasteiger partial charge in [-0.05, 0) is 11.6 Å². The molecule has 0 atom stereocenters. The minimum atomic E-state index is -4.94. The summed E-state index contributed by atoms with van der Waals surface area (Å²) in [6.45, 7) is 0. The highest BCUT2D eigenvalue weighted by atomic mass is 19.4. The molecule has 0 bridgehead atoms. The number of hydrogen-bond donors (Lipinski definition) is 0.